The lowest BCUT2D eigenvalue weighted by Crippen LogP contribution is -2.35. The Balaban J connectivity index is 0.00000144. The molecule has 0 amide bonds. The Morgan fingerprint density at radius 2 is 2.29 bits per heavy atom. The van der Waals surface area contributed by atoms with Gasteiger partial charge in [0.25, 0.3) is 0 Å². The average molecular weight is 321 g/mol. The SMILES string of the molecule is Cl.O=C(O)[C@@H]1CCCN1Cc1cccc(Br)c1. The maximum Gasteiger partial charge on any atom is 0.320 e. The van der Waals surface area contributed by atoms with Crippen LogP contribution in [0.2, 0.25) is 0 Å². The zero-order valence-corrected chi connectivity index (χ0v) is 11.7. The van der Waals surface area contributed by atoms with Crippen molar-refractivity contribution >= 4 is 34.3 Å². The first kappa shape index (κ1) is 14.5. The maximum atomic E-state index is 11.0. The monoisotopic (exact) mass is 319 g/mol. The van der Waals surface area contributed by atoms with E-state index in [1.54, 1.807) is 0 Å². The number of carboxylic acids is 1. The molecule has 1 heterocycles. The van der Waals surface area contributed by atoms with Crippen molar-refractivity contribution in [3.63, 3.8) is 0 Å². The minimum absolute atomic E-state index is 0. The van der Waals surface area contributed by atoms with E-state index in [0.717, 1.165) is 36.0 Å². The third kappa shape index (κ3) is 3.69. The molecule has 1 aromatic rings. The summed E-state index contributed by atoms with van der Waals surface area (Å²) in [6.45, 7) is 1.60. The number of rotatable bonds is 3. The number of halogens is 2. The Morgan fingerprint density at radius 1 is 1.53 bits per heavy atom. The van der Waals surface area contributed by atoms with Gasteiger partial charge in [-0.2, -0.15) is 0 Å². The van der Waals surface area contributed by atoms with E-state index < -0.39 is 5.97 Å². The van der Waals surface area contributed by atoms with Gasteiger partial charge >= 0.3 is 5.97 Å². The van der Waals surface area contributed by atoms with E-state index in [1.807, 2.05) is 29.2 Å². The van der Waals surface area contributed by atoms with E-state index in [4.69, 9.17) is 5.11 Å². The average Bonchev–Trinajstić information content (AvgIpc) is 2.66. The molecule has 1 fully saturated rings. The van der Waals surface area contributed by atoms with Gasteiger partial charge in [-0.3, -0.25) is 9.69 Å². The Bertz CT molecular complexity index is 400. The molecule has 3 nitrogen and oxygen atoms in total. The lowest BCUT2D eigenvalue weighted by Gasteiger charge is -2.20. The number of hydrogen-bond acceptors (Lipinski definition) is 2. The van der Waals surface area contributed by atoms with Crippen LogP contribution >= 0.6 is 28.3 Å². The molecule has 17 heavy (non-hydrogen) atoms. The summed E-state index contributed by atoms with van der Waals surface area (Å²) in [6.07, 6.45) is 1.74. The van der Waals surface area contributed by atoms with Gasteiger partial charge in [0.05, 0.1) is 0 Å². The van der Waals surface area contributed by atoms with Crippen LogP contribution in [0.4, 0.5) is 0 Å². The van der Waals surface area contributed by atoms with Gasteiger partial charge in [0.15, 0.2) is 0 Å². The van der Waals surface area contributed by atoms with E-state index in [2.05, 4.69) is 15.9 Å². The molecule has 0 radical (unpaired) electrons. The molecule has 94 valence electrons. The van der Waals surface area contributed by atoms with Crippen molar-refractivity contribution in [2.45, 2.75) is 25.4 Å². The van der Waals surface area contributed by atoms with Gasteiger partial charge in [-0.1, -0.05) is 28.1 Å². The van der Waals surface area contributed by atoms with Crippen LogP contribution in [0.1, 0.15) is 18.4 Å². The number of likely N-dealkylation sites (tertiary alicyclic amines) is 1. The molecular formula is C12H15BrClNO2. The van der Waals surface area contributed by atoms with Gasteiger partial charge < -0.3 is 5.11 Å². The summed E-state index contributed by atoms with van der Waals surface area (Å²) < 4.78 is 1.04. The van der Waals surface area contributed by atoms with Crippen molar-refractivity contribution < 1.29 is 9.90 Å². The molecular weight excluding hydrogens is 305 g/mol. The van der Waals surface area contributed by atoms with Crippen molar-refractivity contribution in [1.82, 2.24) is 4.90 Å². The van der Waals surface area contributed by atoms with Crippen molar-refractivity contribution in [3.05, 3.63) is 34.3 Å². The highest BCUT2D eigenvalue weighted by atomic mass is 79.9. The molecule has 1 aliphatic heterocycles. The fourth-order valence-electron chi connectivity index (χ4n) is 2.16. The summed E-state index contributed by atoms with van der Waals surface area (Å²) in [4.78, 5) is 13.1. The number of hydrogen-bond donors (Lipinski definition) is 1. The van der Waals surface area contributed by atoms with Gasteiger partial charge in [-0.05, 0) is 37.1 Å². The van der Waals surface area contributed by atoms with Crippen LogP contribution < -0.4 is 0 Å². The van der Waals surface area contributed by atoms with E-state index in [1.165, 1.54) is 0 Å². The molecule has 0 unspecified atom stereocenters. The molecule has 5 heteroatoms. The van der Waals surface area contributed by atoms with Crippen LogP contribution in [-0.4, -0.2) is 28.6 Å². The number of benzene rings is 1. The molecule has 1 aromatic carbocycles. The second-order valence-corrected chi connectivity index (χ2v) is 5.01. The molecule has 0 saturated carbocycles. The molecule has 0 bridgehead atoms. The zero-order valence-electron chi connectivity index (χ0n) is 9.30. The predicted octanol–water partition coefficient (Wildman–Crippen LogP) is 2.92. The third-order valence-corrected chi connectivity index (χ3v) is 3.42. The maximum absolute atomic E-state index is 11.0. The Morgan fingerprint density at radius 3 is 2.94 bits per heavy atom. The van der Waals surface area contributed by atoms with E-state index in [9.17, 15) is 4.79 Å². The van der Waals surface area contributed by atoms with Crippen LogP contribution in [0.3, 0.4) is 0 Å². The van der Waals surface area contributed by atoms with Gasteiger partial charge in [0.1, 0.15) is 6.04 Å². The lowest BCUT2D eigenvalue weighted by molar-refractivity contribution is -0.142. The Labute approximate surface area is 115 Å². The number of carbonyl (C=O) groups is 1. The molecule has 1 N–H and O–H groups in total. The summed E-state index contributed by atoms with van der Waals surface area (Å²) in [5, 5.41) is 9.07. The van der Waals surface area contributed by atoms with Gasteiger partial charge in [0.2, 0.25) is 0 Å². The number of nitrogens with zero attached hydrogens (tertiary/aromatic N) is 1. The van der Waals surface area contributed by atoms with Gasteiger partial charge in [-0.15, -0.1) is 12.4 Å². The second-order valence-electron chi connectivity index (χ2n) is 4.10. The summed E-state index contributed by atoms with van der Waals surface area (Å²) in [5.41, 5.74) is 1.16. The first-order valence-electron chi connectivity index (χ1n) is 5.38. The normalized spacial score (nSPS) is 19.9. The molecule has 0 aliphatic carbocycles. The molecule has 0 aromatic heterocycles. The van der Waals surface area contributed by atoms with Crippen molar-refractivity contribution in [3.8, 4) is 0 Å². The topological polar surface area (TPSA) is 40.5 Å². The minimum Gasteiger partial charge on any atom is -0.480 e. The van der Waals surface area contributed by atoms with Crippen LogP contribution in [-0.2, 0) is 11.3 Å². The first-order chi connectivity index (χ1) is 7.66. The largest absolute Gasteiger partial charge is 0.480 e. The molecule has 2 rings (SSSR count). The first-order valence-corrected chi connectivity index (χ1v) is 6.17. The van der Waals surface area contributed by atoms with Crippen molar-refractivity contribution in [2.24, 2.45) is 0 Å². The van der Waals surface area contributed by atoms with Gasteiger partial charge in [0, 0.05) is 11.0 Å². The minimum atomic E-state index is -0.701. The van der Waals surface area contributed by atoms with E-state index in [-0.39, 0.29) is 18.4 Å². The summed E-state index contributed by atoms with van der Waals surface area (Å²) in [7, 11) is 0. The number of carboxylic acid groups (broad SMARTS) is 1. The summed E-state index contributed by atoms with van der Waals surface area (Å²) in [6, 6.07) is 7.71. The molecule has 0 spiro atoms. The fraction of sp³-hybridized carbons (Fsp3) is 0.417. The van der Waals surface area contributed by atoms with Crippen LogP contribution in [0.25, 0.3) is 0 Å². The summed E-state index contributed by atoms with van der Waals surface area (Å²) in [5.74, 6) is -0.701. The Kier molecular flexibility index (Phi) is 5.43. The number of aliphatic carboxylic acids is 1. The Hall–Kier alpha value is -0.580. The van der Waals surface area contributed by atoms with Crippen molar-refractivity contribution in [2.75, 3.05) is 6.54 Å². The van der Waals surface area contributed by atoms with Crippen LogP contribution in [0, 0.1) is 0 Å². The van der Waals surface area contributed by atoms with Crippen molar-refractivity contribution in [1.29, 1.82) is 0 Å². The van der Waals surface area contributed by atoms with Gasteiger partial charge in [-0.25, -0.2) is 0 Å². The third-order valence-electron chi connectivity index (χ3n) is 2.92. The predicted molar refractivity (Wildman–Crippen MR) is 72.5 cm³/mol. The molecule has 1 aliphatic rings. The highest BCUT2D eigenvalue weighted by Crippen LogP contribution is 2.21. The van der Waals surface area contributed by atoms with E-state index in [0.29, 0.717) is 0 Å². The second kappa shape index (κ2) is 6.38. The highest BCUT2D eigenvalue weighted by Gasteiger charge is 2.30. The zero-order chi connectivity index (χ0) is 11.5. The standard InChI is InChI=1S/C12H14BrNO2.ClH/c13-10-4-1-3-9(7-10)8-14-6-2-5-11(14)12(15)16;/h1,3-4,7,11H,2,5-6,8H2,(H,15,16);1H/t11-;/m0./s1. The molecule has 1 saturated heterocycles. The smallest absolute Gasteiger partial charge is 0.320 e. The fourth-order valence-corrected chi connectivity index (χ4v) is 2.61. The molecule has 1 atom stereocenters. The highest BCUT2D eigenvalue weighted by molar-refractivity contribution is 9.10. The van der Waals surface area contributed by atoms with Crippen LogP contribution in [0.15, 0.2) is 28.7 Å². The van der Waals surface area contributed by atoms with Crippen LogP contribution in [0.5, 0.6) is 0 Å². The van der Waals surface area contributed by atoms with E-state index >= 15 is 0 Å². The quantitative estimate of drug-likeness (QED) is 0.931. The lowest BCUT2D eigenvalue weighted by atomic mass is 10.2. The summed E-state index contributed by atoms with van der Waals surface area (Å²) >= 11 is 3.42.